The minimum Gasteiger partial charge on any atom is -0.497 e. The molecule has 0 radical (unpaired) electrons. The number of anilines is 3. The molecule has 2 aromatic carbocycles. The monoisotopic (exact) mass is 270 g/mol. The molecule has 0 aliphatic carbocycles. The Balaban J connectivity index is 2.01. The standard InChI is InChI=1S/C16H18N2O2/c1-20-14-5-3-13(4-6-14)18-9-11(10-19)15-7-2-12(17)8-16(15)18/h2-8,11,19H,9-10,17H2,1H3. The first-order valence-corrected chi connectivity index (χ1v) is 6.65. The smallest absolute Gasteiger partial charge is 0.119 e. The fraction of sp³-hybridized carbons (Fsp3) is 0.250. The van der Waals surface area contributed by atoms with Gasteiger partial charge in [-0.3, -0.25) is 0 Å². The van der Waals surface area contributed by atoms with Crippen LogP contribution in [-0.4, -0.2) is 25.4 Å². The summed E-state index contributed by atoms with van der Waals surface area (Å²) in [6.07, 6.45) is 0. The van der Waals surface area contributed by atoms with Crippen molar-refractivity contribution < 1.29 is 9.84 Å². The summed E-state index contributed by atoms with van der Waals surface area (Å²) in [6.45, 7) is 0.908. The summed E-state index contributed by atoms with van der Waals surface area (Å²) in [6, 6.07) is 13.8. The SMILES string of the molecule is COc1ccc(N2CC(CO)c3ccc(N)cc32)cc1. The summed E-state index contributed by atoms with van der Waals surface area (Å²) in [5, 5.41) is 9.55. The van der Waals surface area contributed by atoms with Crippen LogP contribution >= 0.6 is 0 Å². The largest absolute Gasteiger partial charge is 0.497 e. The molecule has 104 valence electrons. The predicted octanol–water partition coefficient (Wildman–Crippen LogP) is 2.51. The Labute approximate surface area is 118 Å². The van der Waals surface area contributed by atoms with Crippen molar-refractivity contribution in [2.24, 2.45) is 0 Å². The van der Waals surface area contributed by atoms with E-state index in [4.69, 9.17) is 10.5 Å². The van der Waals surface area contributed by atoms with Gasteiger partial charge in [0.2, 0.25) is 0 Å². The van der Waals surface area contributed by atoms with Crippen LogP contribution in [0.25, 0.3) is 0 Å². The third-order valence-corrected chi connectivity index (χ3v) is 3.79. The molecule has 0 amide bonds. The van der Waals surface area contributed by atoms with Gasteiger partial charge in [0.25, 0.3) is 0 Å². The summed E-state index contributed by atoms with van der Waals surface area (Å²) >= 11 is 0. The van der Waals surface area contributed by atoms with E-state index < -0.39 is 0 Å². The number of aliphatic hydroxyl groups excluding tert-OH is 1. The second-order valence-electron chi connectivity index (χ2n) is 5.01. The number of benzene rings is 2. The Morgan fingerprint density at radius 3 is 2.65 bits per heavy atom. The number of nitrogens with two attached hydrogens (primary N) is 1. The second kappa shape index (κ2) is 5.06. The van der Waals surface area contributed by atoms with E-state index in [9.17, 15) is 5.11 Å². The summed E-state index contributed by atoms with van der Waals surface area (Å²) in [7, 11) is 1.66. The zero-order valence-electron chi connectivity index (χ0n) is 11.4. The zero-order valence-corrected chi connectivity index (χ0v) is 11.4. The minimum atomic E-state index is 0.132. The van der Waals surface area contributed by atoms with Gasteiger partial charge in [-0.1, -0.05) is 6.07 Å². The highest BCUT2D eigenvalue weighted by Gasteiger charge is 2.29. The number of ether oxygens (including phenoxy) is 1. The van der Waals surface area contributed by atoms with Crippen molar-refractivity contribution in [2.75, 3.05) is 30.9 Å². The maximum atomic E-state index is 9.55. The van der Waals surface area contributed by atoms with Crippen LogP contribution < -0.4 is 15.4 Å². The Bertz CT molecular complexity index is 610. The van der Waals surface area contributed by atoms with Crippen molar-refractivity contribution in [1.29, 1.82) is 0 Å². The molecule has 0 saturated heterocycles. The zero-order chi connectivity index (χ0) is 14.1. The molecule has 0 spiro atoms. The van der Waals surface area contributed by atoms with Gasteiger partial charge in [-0.15, -0.1) is 0 Å². The van der Waals surface area contributed by atoms with Crippen molar-refractivity contribution in [1.82, 2.24) is 0 Å². The lowest BCUT2D eigenvalue weighted by atomic mass is 10.0. The molecule has 3 rings (SSSR count). The van der Waals surface area contributed by atoms with E-state index in [0.29, 0.717) is 0 Å². The topological polar surface area (TPSA) is 58.7 Å². The molecule has 0 saturated carbocycles. The summed E-state index contributed by atoms with van der Waals surface area (Å²) in [5.41, 5.74) is 9.94. The van der Waals surface area contributed by atoms with Crippen LogP contribution in [0.1, 0.15) is 11.5 Å². The van der Waals surface area contributed by atoms with Crippen LogP contribution in [0.2, 0.25) is 0 Å². The number of hydrogen-bond donors (Lipinski definition) is 2. The first-order chi connectivity index (χ1) is 9.72. The Morgan fingerprint density at radius 1 is 1.25 bits per heavy atom. The fourth-order valence-corrected chi connectivity index (χ4v) is 2.72. The molecular weight excluding hydrogens is 252 g/mol. The summed E-state index contributed by atoms with van der Waals surface area (Å²) < 4.78 is 5.18. The highest BCUT2D eigenvalue weighted by molar-refractivity contribution is 5.74. The van der Waals surface area contributed by atoms with E-state index in [2.05, 4.69) is 4.90 Å². The first-order valence-electron chi connectivity index (χ1n) is 6.65. The van der Waals surface area contributed by atoms with E-state index in [1.165, 1.54) is 0 Å². The number of methoxy groups -OCH3 is 1. The molecule has 4 nitrogen and oxygen atoms in total. The lowest BCUT2D eigenvalue weighted by Crippen LogP contribution is -2.17. The van der Waals surface area contributed by atoms with Gasteiger partial charge in [0.15, 0.2) is 0 Å². The van der Waals surface area contributed by atoms with Gasteiger partial charge in [-0.2, -0.15) is 0 Å². The van der Waals surface area contributed by atoms with Crippen molar-refractivity contribution in [3.8, 4) is 5.75 Å². The van der Waals surface area contributed by atoms with Crippen LogP contribution in [0.5, 0.6) is 5.75 Å². The molecule has 1 heterocycles. The molecule has 20 heavy (non-hydrogen) atoms. The van der Waals surface area contributed by atoms with Crippen molar-refractivity contribution in [3.63, 3.8) is 0 Å². The molecule has 1 aliphatic rings. The second-order valence-corrected chi connectivity index (χ2v) is 5.01. The van der Waals surface area contributed by atoms with Crippen LogP contribution in [0.3, 0.4) is 0 Å². The molecule has 3 N–H and O–H groups in total. The van der Waals surface area contributed by atoms with Crippen LogP contribution in [0.15, 0.2) is 42.5 Å². The molecule has 4 heteroatoms. The maximum absolute atomic E-state index is 9.55. The molecule has 0 bridgehead atoms. The lowest BCUT2D eigenvalue weighted by Gasteiger charge is -2.20. The molecule has 1 unspecified atom stereocenters. The molecule has 0 fully saturated rings. The Kier molecular flexibility index (Phi) is 3.24. The average Bonchev–Trinajstić information content (AvgIpc) is 2.85. The quantitative estimate of drug-likeness (QED) is 0.841. The number of nitrogen functional groups attached to an aromatic ring is 1. The lowest BCUT2D eigenvalue weighted by molar-refractivity contribution is 0.271. The minimum absolute atomic E-state index is 0.132. The molecule has 0 aromatic heterocycles. The highest BCUT2D eigenvalue weighted by atomic mass is 16.5. The number of rotatable bonds is 3. The third-order valence-electron chi connectivity index (χ3n) is 3.79. The van der Waals surface area contributed by atoms with Gasteiger partial charge in [0.05, 0.1) is 13.7 Å². The predicted molar refractivity (Wildman–Crippen MR) is 80.7 cm³/mol. The highest BCUT2D eigenvalue weighted by Crippen LogP contribution is 2.41. The van der Waals surface area contributed by atoms with E-state index in [-0.39, 0.29) is 12.5 Å². The van der Waals surface area contributed by atoms with Gasteiger partial charge in [-0.05, 0) is 42.0 Å². The molecular formula is C16H18N2O2. The molecule has 1 aliphatic heterocycles. The van der Waals surface area contributed by atoms with Gasteiger partial charge < -0.3 is 20.5 Å². The van der Waals surface area contributed by atoms with Gasteiger partial charge in [0, 0.05) is 29.5 Å². The van der Waals surface area contributed by atoms with E-state index in [1.807, 2.05) is 42.5 Å². The number of nitrogens with zero attached hydrogens (tertiary/aromatic N) is 1. The first kappa shape index (κ1) is 12.8. The van der Waals surface area contributed by atoms with E-state index in [1.54, 1.807) is 7.11 Å². The van der Waals surface area contributed by atoms with E-state index in [0.717, 1.165) is 34.9 Å². The fourth-order valence-electron chi connectivity index (χ4n) is 2.72. The average molecular weight is 270 g/mol. The number of fused-ring (bicyclic) bond motifs is 1. The van der Waals surface area contributed by atoms with Crippen LogP contribution in [0.4, 0.5) is 17.1 Å². The Morgan fingerprint density at radius 2 is 2.00 bits per heavy atom. The van der Waals surface area contributed by atoms with Crippen LogP contribution in [0, 0.1) is 0 Å². The van der Waals surface area contributed by atoms with Crippen molar-refractivity contribution >= 4 is 17.1 Å². The van der Waals surface area contributed by atoms with Gasteiger partial charge >= 0.3 is 0 Å². The normalized spacial score (nSPS) is 17.1. The van der Waals surface area contributed by atoms with E-state index >= 15 is 0 Å². The molecule has 1 atom stereocenters. The Hall–Kier alpha value is -2.20. The maximum Gasteiger partial charge on any atom is 0.119 e. The number of hydrogen-bond acceptors (Lipinski definition) is 4. The van der Waals surface area contributed by atoms with Gasteiger partial charge in [-0.25, -0.2) is 0 Å². The van der Waals surface area contributed by atoms with Crippen LogP contribution in [-0.2, 0) is 0 Å². The van der Waals surface area contributed by atoms with Gasteiger partial charge in [0.1, 0.15) is 5.75 Å². The van der Waals surface area contributed by atoms with Crippen molar-refractivity contribution in [2.45, 2.75) is 5.92 Å². The van der Waals surface area contributed by atoms with Crippen molar-refractivity contribution in [3.05, 3.63) is 48.0 Å². The summed E-state index contributed by atoms with van der Waals surface area (Å²) in [5.74, 6) is 0.965. The summed E-state index contributed by atoms with van der Waals surface area (Å²) in [4.78, 5) is 2.19. The number of aliphatic hydroxyl groups is 1. The molecule has 2 aromatic rings. The third kappa shape index (κ3) is 2.08.